The predicted molar refractivity (Wildman–Crippen MR) is 118 cm³/mol. The molecular formula is C22H36N6. The minimum atomic E-state index is -0.0205. The fourth-order valence-corrected chi connectivity index (χ4v) is 3.11. The molecule has 1 aromatic carbocycles. The number of unbranched alkanes of at least 4 members (excludes halogenated alkanes) is 1. The standard InChI is InChI=1S/C22H36N6/c1-5-8-10-20-17-28(4)21(25-20)27-26-19-13-11-18(12-14-19)24-16-9-15-22(23,6-2)7-3/h11-14,17,24H,5-10,15-16,23H2,1-4H3. The van der Waals surface area contributed by atoms with Gasteiger partial charge in [-0.05, 0) is 62.8 Å². The smallest absolute Gasteiger partial charge is 0.249 e. The minimum absolute atomic E-state index is 0.0205. The van der Waals surface area contributed by atoms with Crippen LogP contribution in [0.3, 0.4) is 0 Å². The molecule has 6 heteroatoms. The molecule has 0 atom stereocenters. The molecule has 28 heavy (non-hydrogen) atoms. The number of anilines is 1. The third-order valence-corrected chi connectivity index (χ3v) is 5.40. The van der Waals surface area contributed by atoms with Crippen LogP contribution in [-0.4, -0.2) is 21.6 Å². The van der Waals surface area contributed by atoms with E-state index in [1.807, 2.05) is 42.1 Å². The SMILES string of the molecule is CCCCc1cn(C)c(N=Nc2ccc(NCCCC(N)(CC)CC)cc2)n1. The first-order valence-electron chi connectivity index (χ1n) is 10.6. The number of imidazole rings is 1. The maximum Gasteiger partial charge on any atom is 0.249 e. The first kappa shape index (κ1) is 22.1. The highest BCUT2D eigenvalue weighted by Crippen LogP contribution is 2.21. The topological polar surface area (TPSA) is 80.6 Å². The van der Waals surface area contributed by atoms with E-state index in [-0.39, 0.29) is 5.54 Å². The summed E-state index contributed by atoms with van der Waals surface area (Å²) in [6.07, 6.45) is 9.50. The third kappa shape index (κ3) is 6.75. The Kier molecular flexibility index (Phi) is 8.64. The first-order chi connectivity index (χ1) is 13.5. The van der Waals surface area contributed by atoms with E-state index in [4.69, 9.17) is 5.73 Å². The van der Waals surface area contributed by atoms with Crippen LogP contribution >= 0.6 is 0 Å². The zero-order valence-electron chi connectivity index (χ0n) is 17.9. The average molecular weight is 385 g/mol. The van der Waals surface area contributed by atoms with Gasteiger partial charge in [-0.25, -0.2) is 4.98 Å². The molecule has 0 unspecified atom stereocenters. The molecule has 3 N–H and O–H groups in total. The summed E-state index contributed by atoms with van der Waals surface area (Å²) < 4.78 is 1.93. The van der Waals surface area contributed by atoms with Crippen molar-refractivity contribution in [1.29, 1.82) is 0 Å². The molecule has 1 heterocycles. The Hall–Kier alpha value is -2.21. The van der Waals surface area contributed by atoms with Crippen molar-refractivity contribution in [3.8, 4) is 0 Å². The number of nitrogens with two attached hydrogens (primary N) is 1. The highest BCUT2D eigenvalue weighted by molar-refractivity contribution is 5.50. The number of rotatable bonds is 12. The summed E-state index contributed by atoms with van der Waals surface area (Å²) in [7, 11) is 1.96. The van der Waals surface area contributed by atoms with E-state index in [9.17, 15) is 0 Å². The second kappa shape index (κ2) is 11.0. The van der Waals surface area contributed by atoms with Crippen LogP contribution in [0.15, 0.2) is 40.7 Å². The molecule has 0 fully saturated rings. The number of aromatic nitrogens is 2. The van der Waals surface area contributed by atoms with Gasteiger partial charge in [0, 0.05) is 31.0 Å². The van der Waals surface area contributed by atoms with Gasteiger partial charge < -0.3 is 15.6 Å². The van der Waals surface area contributed by atoms with Gasteiger partial charge in [-0.1, -0.05) is 27.2 Å². The van der Waals surface area contributed by atoms with E-state index >= 15 is 0 Å². The van der Waals surface area contributed by atoms with Crippen molar-refractivity contribution in [3.05, 3.63) is 36.2 Å². The lowest BCUT2D eigenvalue weighted by molar-refractivity contribution is 0.361. The van der Waals surface area contributed by atoms with Crippen LogP contribution in [0, 0.1) is 0 Å². The monoisotopic (exact) mass is 384 g/mol. The predicted octanol–water partition coefficient (Wildman–Crippen LogP) is 5.89. The Morgan fingerprint density at radius 2 is 1.79 bits per heavy atom. The van der Waals surface area contributed by atoms with E-state index in [1.54, 1.807) is 0 Å². The molecule has 0 aliphatic rings. The first-order valence-corrected chi connectivity index (χ1v) is 10.6. The molecule has 0 amide bonds. The van der Waals surface area contributed by atoms with Crippen LogP contribution in [0.2, 0.25) is 0 Å². The number of azo groups is 1. The Balaban J connectivity index is 1.84. The molecule has 0 aliphatic carbocycles. The molecule has 0 radical (unpaired) electrons. The number of hydrogen-bond donors (Lipinski definition) is 2. The summed E-state index contributed by atoms with van der Waals surface area (Å²) in [6, 6.07) is 8.01. The summed E-state index contributed by atoms with van der Waals surface area (Å²) in [6.45, 7) is 7.44. The quantitative estimate of drug-likeness (QED) is 0.354. The lowest BCUT2D eigenvalue weighted by Gasteiger charge is -2.26. The van der Waals surface area contributed by atoms with Crippen LogP contribution < -0.4 is 11.1 Å². The zero-order valence-corrected chi connectivity index (χ0v) is 17.9. The molecule has 0 saturated heterocycles. The maximum atomic E-state index is 6.36. The van der Waals surface area contributed by atoms with Gasteiger partial charge in [0.25, 0.3) is 0 Å². The van der Waals surface area contributed by atoms with Crippen molar-refractivity contribution in [2.75, 3.05) is 11.9 Å². The average Bonchev–Trinajstić information content (AvgIpc) is 3.08. The van der Waals surface area contributed by atoms with Crippen molar-refractivity contribution in [3.63, 3.8) is 0 Å². The molecule has 2 aromatic rings. The van der Waals surface area contributed by atoms with Gasteiger partial charge in [0.1, 0.15) is 0 Å². The van der Waals surface area contributed by atoms with Crippen LogP contribution in [0.1, 0.15) is 65.0 Å². The lowest BCUT2D eigenvalue weighted by Crippen LogP contribution is -2.38. The minimum Gasteiger partial charge on any atom is -0.385 e. The van der Waals surface area contributed by atoms with E-state index in [0.29, 0.717) is 5.95 Å². The van der Waals surface area contributed by atoms with E-state index in [1.165, 1.54) is 0 Å². The fourth-order valence-electron chi connectivity index (χ4n) is 3.11. The second-order valence-electron chi connectivity index (χ2n) is 7.59. The number of hydrogen-bond acceptors (Lipinski definition) is 5. The summed E-state index contributed by atoms with van der Waals surface area (Å²) >= 11 is 0. The van der Waals surface area contributed by atoms with Gasteiger partial charge in [0.15, 0.2) is 0 Å². The number of benzene rings is 1. The zero-order chi connectivity index (χ0) is 20.4. The van der Waals surface area contributed by atoms with Crippen LogP contribution in [0.4, 0.5) is 17.3 Å². The van der Waals surface area contributed by atoms with Crippen LogP contribution in [0.25, 0.3) is 0 Å². The molecule has 6 nitrogen and oxygen atoms in total. The number of nitrogens with one attached hydrogen (secondary N) is 1. The highest BCUT2D eigenvalue weighted by atomic mass is 15.3. The van der Waals surface area contributed by atoms with Gasteiger partial charge in [0.05, 0.1) is 11.4 Å². The molecule has 0 saturated carbocycles. The molecule has 0 bridgehead atoms. The van der Waals surface area contributed by atoms with Gasteiger partial charge in [-0.15, -0.1) is 10.2 Å². The highest BCUT2D eigenvalue weighted by Gasteiger charge is 2.18. The summed E-state index contributed by atoms with van der Waals surface area (Å²) in [5, 5.41) is 12.1. The summed E-state index contributed by atoms with van der Waals surface area (Å²) in [5.41, 5.74) is 9.32. The molecule has 0 aliphatic heterocycles. The lowest BCUT2D eigenvalue weighted by atomic mass is 9.89. The van der Waals surface area contributed by atoms with Gasteiger partial charge in [-0.2, -0.15) is 0 Å². The number of aryl methyl sites for hydroxylation is 2. The molecule has 2 rings (SSSR count). The maximum absolute atomic E-state index is 6.36. The van der Waals surface area contributed by atoms with E-state index in [2.05, 4.69) is 41.3 Å². The fraction of sp³-hybridized carbons (Fsp3) is 0.591. The van der Waals surface area contributed by atoms with E-state index < -0.39 is 0 Å². The number of nitrogens with zero attached hydrogens (tertiary/aromatic N) is 4. The molecule has 0 spiro atoms. The Bertz CT molecular complexity index is 728. The second-order valence-corrected chi connectivity index (χ2v) is 7.59. The van der Waals surface area contributed by atoms with E-state index in [0.717, 1.165) is 68.6 Å². The Morgan fingerprint density at radius 1 is 1.07 bits per heavy atom. The Morgan fingerprint density at radius 3 is 2.43 bits per heavy atom. The molecule has 1 aromatic heterocycles. The molecular weight excluding hydrogens is 348 g/mol. The normalized spacial score (nSPS) is 12.0. The van der Waals surface area contributed by atoms with Crippen molar-refractivity contribution < 1.29 is 0 Å². The van der Waals surface area contributed by atoms with Crippen molar-refractivity contribution in [1.82, 2.24) is 9.55 Å². The van der Waals surface area contributed by atoms with Crippen molar-refractivity contribution in [2.45, 2.75) is 71.3 Å². The summed E-state index contributed by atoms with van der Waals surface area (Å²) in [5.74, 6) is 0.644. The summed E-state index contributed by atoms with van der Waals surface area (Å²) in [4.78, 5) is 4.54. The van der Waals surface area contributed by atoms with Crippen LogP contribution in [-0.2, 0) is 13.5 Å². The largest absolute Gasteiger partial charge is 0.385 e. The van der Waals surface area contributed by atoms with Crippen LogP contribution in [0.5, 0.6) is 0 Å². The van der Waals surface area contributed by atoms with Gasteiger partial charge >= 0.3 is 0 Å². The molecule has 154 valence electrons. The van der Waals surface area contributed by atoms with Crippen molar-refractivity contribution in [2.24, 2.45) is 23.0 Å². The Labute approximate surface area is 169 Å². The van der Waals surface area contributed by atoms with Gasteiger partial charge in [0.2, 0.25) is 5.95 Å². The third-order valence-electron chi connectivity index (χ3n) is 5.40. The van der Waals surface area contributed by atoms with Crippen molar-refractivity contribution >= 4 is 17.3 Å². The van der Waals surface area contributed by atoms with Gasteiger partial charge in [-0.3, -0.25) is 0 Å².